The third kappa shape index (κ3) is 26.4. The second-order valence-electron chi connectivity index (χ2n) is 19.7. The molecule has 0 N–H and O–H groups in total. The lowest BCUT2D eigenvalue weighted by atomic mass is 10.1. The summed E-state index contributed by atoms with van der Waals surface area (Å²) in [4.78, 5) is 49.5. The van der Waals surface area contributed by atoms with Gasteiger partial charge >= 0.3 is 23.9 Å². The van der Waals surface area contributed by atoms with E-state index in [-0.39, 0.29) is 13.2 Å². The maximum Gasteiger partial charge on any atom is 0.336 e. The van der Waals surface area contributed by atoms with E-state index in [9.17, 15) is 19.2 Å². The van der Waals surface area contributed by atoms with Crippen LogP contribution in [0, 0.1) is 0 Å². The van der Waals surface area contributed by atoms with Crippen molar-refractivity contribution in [1.82, 2.24) is 0 Å². The molecule has 14 nitrogen and oxygen atoms in total. The largest absolute Gasteiger partial charge is 0.490 e. The number of unbranched alkanes of at least 4 members (excludes halogenated alkanes) is 14. The van der Waals surface area contributed by atoms with Gasteiger partial charge in [-0.25, -0.2) is 19.2 Å². The van der Waals surface area contributed by atoms with E-state index in [1.54, 1.807) is 36.4 Å². The van der Waals surface area contributed by atoms with E-state index >= 15 is 0 Å². The van der Waals surface area contributed by atoms with Crippen molar-refractivity contribution in [3.05, 3.63) is 121 Å². The summed E-state index contributed by atoms with van der Waals surface area (Å²) in [7, 11) is 0. The molecule has 0 unspecified atom stereocenters. The first kappa shape index (κ1) is 67.0. The molecule has 82 heavy (non-hydrogen) atoms. The second kappa shape index (κ2) is 41.5. The Morgan fingerprint density at radius 3 is 0.976 bits per heavy atom. The van der Waals surface area contributed by atoms with Crippen molar-refractivity contribution in [2.75, 3.05) is 52.9 Å². The van der Waals surface area contributed by atoms with Gasteiger partial charge in [-0.2, -0.15) is 0 Å². The Hall–Kier alpha value is -7.48. The molecular weight excluding hydrogens is 1040 g/mol. The lowest BCUT2D eigenvalue weighted by Crippen LogP contribution is -2.08. The van der Waals surface area contributed by atoms with Crippen LogP contribution in [0.2, 0.25) is 0 Å². The van der Waals surface area contributed by atoms with Crippen LogP contribution in [0.15, 0.2) is 110 Å². The fourth-order valence-corrected chi connectivity index (χ4v) is 8.28. The van der Waals surface area contributed by atoms with E-state index in [0.29, 0.717) is 122 Å². The van der Waals surface area contributed by atoms with Gasteiger partial charge in [-0.3, -0.25) is 0 Å². The van der Waals surface area contributed by atoms with E-state index in [1.165, 1.54) is 12.2 Å². The van der Waals surface area contributed by atoms with Gasteiger partial charge < -0.3 is 47.4 Å². The summed E-state index contributed by atoms with van der Waals surface area (Å²) < 4.78 is 59.8. The fourth-order valence-electron chi connectivity index (χ4n) is 8.28. The minimum absolute atomic E-state index is 0.271. The monoisotopic (exact) mass is 1130 g/mol. The van der Waals surface area contributed by atoms with Gasteiger partial charge in [0.15, 0.2) is 23.0 Å². The maximum atomic E-state index is 13.3. The molecule has 4 rings (SSSR count). The minimum Gasteiger partial charge on any atom is -0.490 e. The Kier molecular flexibility index (Phi) is 33.9. The van der Waals surface area contributed by atoms with Crippen LogP contribution in [-0.2, 0) is 28.7 Å². The highest BCUT2D eigenvalue weighted by Crippen LogP contribution is 2.43. The van der Waals surface area contributed by atoms with Gasteiger partial charge in [0.25, 0.3) is 0 Å². The molecule has 0 atom stereocenters. The van der Waals surface area contributed by atoms with Gasteiger partial charge in [-0.15, -0.1) is 0 Å². The maximum absolute atomic E-state index is 13.3. The summed E-state index contributed by atoms with van der Waals surface area (Å²) in [5.41, 5.74) is 3.02. The number of hydrogen-bond donors (Lipinski definition) is 0. The lowest BCUT2D eigenvalue weighted by Gasteiger charge is -2.19. The van der Waals surface area contributed by atoms with Crippen LogP contribution >= 0.6 is 0 Å². The highest BCUT2D eigenvalue weighted by Gasteiger charge is 2.20. The fraction of sp³-hybridized carbons (Fsp3) is 0.471. The quantitative estimate of drug-likeness (QED) is 0.0178. The van der Waals surface area contributed by atoms with Crippen molar-refractivity contribution in [2.24, 2.45) is 0 Å². The highest BCUT2D eigenvalue weighted by molar-refractivity contribution is 5.90. The molecule has 0 radical (unpaired) electrons. The van der Waals surface area contributed by atoms with Gasteiger partial charge in [0.05, 0.1) is 52.9 Å². The Balaban J connectivity index is 1.44. The first-order valence-corrected chi connectivity index (χ1v) is 29.8. The molecule has 14 heteroatoms. The third-order valence-electron chi connectivity index (χ3n) is 12.9. The molecule has 0 fully saturated rings. The molecule has 0 bridgehead atoms. The average Bonchev–Trinajstić information content (AvgIpc) is 3.70. The number of carbonyl (C=O) groups excluding carboxylic acids is 4. The number of ether oxygens (including phenoxy) is 10. The predicted molar refractivity (Wildman–Crippen MR) is 324 cm³/mol. The molecule has 0 aliphatic carbocycles. The normalized spacial score (nSPS) is 11.0. The number of esters is 4. The van der Waals surface area contributed by atoms with Gasteiger partial charge in [0.1, 0.15) is 11.5 Å². The summed E-state index contributed by atoms with van der Waals surface area (Å²) in [6, 6.07) is 21.6. The minimum atomic E-state index is -0.570. The number of benzene rings is 4. The first-order valence-electron chi connectivity index (χ1n) is 29.8. The molecule has 4 aromatic rings. The summed E-state index contributed by atoms with van der Waals surface area (Å²) in [5.74, 6) is 1.72. The second-order valence-corrected chi connectivity index (χ2v) is 19.7. The smallest absolute Gasteiger partial charge is 0.336 e. The average molecular weight is 1130 g/mol. The summed E-state index contributed by atoms with van der Waals surface area (Å²) in [6.45, 7) is 18.7. The first-order chi connectivity index (χ1) is 40.1. The van der Waals surface area contributed by atoms with Crippen LogP contribution in [0.1, 0.15) is 167 Å². The molecule has 4 aromatic carbocycles. The van der Waals surface area contributed by atoms with E-state index < -0.39 is 23.9 Å². The summed E-state index contributed by atoms with van der Waals surface area (Å²) in [5, 5.41) is 0. The van der Waals surface area contributed by atoms with Crippen LogP contribution in [0.25, 0.3) is 23.3 Å². The highest BCUT2D eigenvalue weighted by atomic mass is 16.6. The van der Waals surface area contributed by atoms with Gasteiger partial charge in [0.2, 0.25) is 11.5 Å². The Labute approximate surface area is 488 Å². The van der Waals surface area contributed by atoms with E-state index in [4.69, 9.17) is 47.4 Å². The van der Waals surface area contributed by atoms with Crippen LogP contribution < -0.4 is 37.9 Å². The zero-order valence-corrected chi connectivity index (χ0v) is 49.3. The van der Waals surface area contributed by atoms with Crippen molar-refractivity contribution < 1.29 is 66.5 Å². The van der Waals surface area contributed by atoms with E-state index in [1.807, 2.05) is 48.5 Å². The van der Waals surface area contributed by atoms with Gasteiger partial charge in [-0.05, 0) is 123 Å². The molecule has 446 valence electrons. The van der Waals surface area contributed by atoms with Crippen molar-refractivity contribution in [1.29, 1.82) is 0 Å². The predicted octanol–water partition coefficient (Wildman–Crippen LogP) is 16.2. The van der Waals surface area contributed by atoms with Crippen LogP contribution in [0.4, 0.5) is 0 Å². The SMILES string of the molecule is C=CC(=O)OCCCCOc1ccc(C=CC(=O)Oc2ccc(-c3ccc(OC(=O)C=Cc4ccc(OCCCCOC(=O)C=C)c(OCCCCCC)c4OCCCCCC)cc3)cc2)c(OCCCCCC)c1OCCCCCC. The zero-order valence-electron chi connectivity index (χ0n) is 49.3. The lowest BCUT2D eigenvalue weighted by molar-refractivity contribution is -0.138. The summed E-state index contributed by atoms with van der Waals surface area (Å²) in [6.07, 6.45) is 27.3. The van der Waals surface area contributed by atoms with Crippen molar-refractivity contribution in [3.63, 3.8) is 0 Å². The topological polar surface area (TPSA) is 161 Å². The molecule has 0 aliphatic heterocycles. The van der Waals surface area contributed by atoms with Crippen molar-refractivity contribution >= 4 is 36.0 Å². The molecule has 0 saturated carbocycles. The molecule has 0 spiro atoms. The van der Waals surface area contributed by atoms with Gasteiger partial charge in [-0.1, -0.05) is 142 Å². The Bertz CT molecular complexity index is 2390. The molecular formula is C68H90O14. The number of carbonyl (C=O) groups is 4. The van der Waals surface area contributed by atoms with Crippen molar-refractivity contribution in [2.45, 2.75) is 156 Å². The van der Waals surface area contributed by atoms with Crippen LogP contribution in [-0.4, -0.2) is 76.7 Å². The number of hydrogen-bond acceptors (Lipinski definition) is 14. The van der Waals surface area contributed by atoms with Crippen molar-refractivity contribution in [3.8, 4) is 57.1 Å². The van der Waals surface area contributed by atoms with E-state index in [0.717, 1.165) is 126 Å². The molecule has 0 aliphatic rings. The van der Waals surface area contributed by atoms with Gasteiger partial charge in [0, 0.05) is 35.4 Å². The van der Waals surface area contributed by atoms with Crippen LogP contribution in [0.5, 0.6) is 46.0 Å². The molecule has 0 amide bonds. The third-order valence-corrected chi connectivity index (χ3v) is 12.9. The standard InChI is InChI=1S/C68H90O14/c1-7-13-17-21-49-77-65-55(33-41-59(67(65)79-51-23-19-15-9-3)73-45-25-27-47-75-61(69)11-5)35-43-63(71)81-57-37-29-53(30-38-57)54-31-39-58(40-32-54)82-64(72)44-36-56-34-42-60(74-46-26-28-48-76-62(70)12-6)68(80-52-24-20-16-10-4)66(56)78-50-22-18-14-8-2/h11-12,29-44H,5-10,13-28,45-52H2,1-4H3. The van der Waals surface area contributed by atoms with Crippen LogP contribution in [0.3, 0.4) is 0 Å². The molecule has 0 aromatic heterocycles. The Morgan fingerprint density at radius 2 is 0.646 bits per heavy atom. The molecule has 0 heterocycles. The summed E-state index contributed by atoms with van der Waals surface area (Å²) >= 11 is 0. The van der Waals surface area contributed by atoms with E-state index in [2.05, 4.69) is 40.9 Å². The molecule has 0 saturated heterocycles. The zero-order chi connectivity index (χ0) is 58.8. The Morgan fingerprint density at radius 1 is 0.341 bits per heavy atom. The number of rotatable bonds is 45.